The maximum Gasteiger partial charge on any atom is 0.410 e. The molecule has 1 heterocycles. The molecule has 0 radical (unpaired) electrons. The molecule has 1 saturated heterocycles. The third kappa shape index (κ3) is 9.62. The van der Waals surface area contributed by atoms with Crippen LogP contribution in [0.15, 0.2) is 4.99 Å². The molecule has 1 amide bonds. The van der Waals surface area contributed by atoms with Crippen LogP contribution in [0.25, 0.3) is 0 Å². The molecule has 1 aliphatic carbocycles. The summed E-state index contributed by atoms with van der Waals surface area (Å²) in [6.45, 7) is 10.6. The largest absolute Gasteiger partial charge is 0.444 e. The maximum absolute atomic E-state index is 12.1. The van der Waals surface area contributed by atoms with E-state index in [1.807, 2.05) is 39.8 Å². The van der Waals surface area contributed by atoms with Gasteiger partial charge < -0.3 is 24.6 Å². The van der Waals surface area contributed by atoms with Crippen LogP contribution in [-0.4, -0.2) is 80.9 Å². The fourth-order valence-corrected chi connectivity index (χ4v) is 3.11. The number of hydrogen-bond acceptors (Lipinski definition) is 4. The predicted octanol–water partition coefficient (Wildman–Crippen LogP) is 3.19. The first kappa shape index (κ1) is 25.3. The molecule has 8 heteroatoms. The summed E-state index contributed by atoms with van der Waals surface area (Å²) in [6, 6.07) is 0. The Balaban J connectivity index is 0.00000392. The molecular formula is C20H39IN4O3. The average Bonchev–Trinajstić information content (AvgIpc) is 3.42. The summed E-state index contributed by atoms with van der Waals surface area (Å²) in [5.74, 6) is 2.25. The Hall–Kier alpha value is -0.770. The number of likely N-dealkylation sites (N-methyl/N-ethyl adjacent to an activating group) is 1. The van der Waals surface area contributed by atoms with Gasteiger partial charge in [-0.1, -0.05) is 0 Å². The van der Waals surface area contributed by atoms with E-state index in [4.69, 9.17) is 9.47 Å². The summed E-state index contributed by atoms with van der Waals surface area (Å²) in [4.78, 5) is 20.5. The molecule has 2 fully saturated rings. The summed E-state index contributed by atoms with van der Waals surface area (Å²) in [5, 5.41) is 3.47. The van der Waals surface area contributed by atoms with E-state index in [9.17, 15) is 4.79 Å². The molecule has 2 aliphatic rings. The van der Waals surface area contributed by atoms with E-state index in [0.29, 0.717) is 5.92 Å². The van der Waals surface area contributed by atoms with Crippen molar-refractivity contribution in [3.8, 4) is 0 Å². The zero-order valence-electron chi connectivity index (χ0n) is 18.2. The molecule has 1 saturated carbocycles. The van der Waals surface area contributed by atoms with Gasteiger partial charge in [0.15, 0.2) is 5.96 Å². The minimum atomic E-state index is -0.436. The van der Waals surface area contributed by atoms with Crippen molar-refractivity contribution in [2.75, 3.05) is 53.5 Å². The Kier molecular flexibility index (Phi) is 10.9. The normalized spacial score (nSPS) is 18.5. The van der Waals surface area contributed by atoms with Gasteiger partial charge in [-0.05, 0) is 58.3 Å². The minimum absolute atomic E-state index is 0. The summed E-state index contributed by atoms with van der Waals surface area (Å²) in [6.07, 6.45) is 4.42. The summed E-state index contributed by atoms with van der Waals surface area (Å²) in [5.41, 5.74) is -0.436. The van der Waals surface area contributed by atoms with Crippen LogP contribution in [0.4, 0.5) is 4.79 Å². The second kappa shape index (κ2) is 12.0. The molecule has 0 atom stereocenters. The average molecular weight is 510 g/mol. The van der Waals surface area contributed by atoms with Crippen LogP contribution in [0.3, 0.4) is 0 Å². The number of nitrogens with one attached hydrogen (secondary N) is 1. The van der Waals surface area contributed by atoms with Crippen LogP contribution in [0.2, 0.25) is 0 Å². The summed E-state index contributed by atoms with van der Waals surface area (Å²) in [7, 11) is 3.86. The Morgan fingerprint density at radius 3 is 2.36 bits per heavy atom. The smallest absolute Gasteiger partial charge is 0.410 e. The lowest BCUT2D eigenvalue weighted by Crippen LogP contribution is -2.46. The van der Waals surface area contributed by atoms with E-state index < -0.39 is 5.60 Å². The quantitative estimate of drug-likeness (QED) is 0.247. The Bertz CT molecular complexity index is 498. The van der Waals surface area contributed by atoms with Crippen molar-refractivity contribution in [1.29, 1.82) is 0 Å². The summed E-state index contributed by atoms with van der Waals surface area (Å²) >= 11 is 0. The first-order valence-electron chi connectivity index (χ1n) is 10.3. The van der Waals surface area contributed by atoms with Gasteiger partial charge in [0.1, 0.15) is 5.60 Å². The van der Waals surface area contributed by atoms with Crippen LogP contribution in [0.5, 0.6) is 0 Å². The number of guanidine groups is 1. The fourth-order valence-electron chi connectivity index (χ4n) is 3.11. The van der Waals surface area contributed by atoms with Crippen LogP contribution in [-0.2, 0) is 9.47 Å². The van der Waals surface area contributed by atoms with Crippen LogP contribution in [0.1, 0.15) is 46.5 Å². The highest BCUT2D eigenvalue weighted by Crippen LogP contribution is 2.28. The number of likely N-dealkylation sites (tertiary alicyclic amines) is 1. The van der Waals surface area contributed by atoms with Gasteiger partial charge in [0, 0.05) is 46.9 Å². The van der Waals surface area contributed by atoms with E-state index in [-0.39, 0.29) is 30.1 Å². The maximum atomic E-state index is 12.1. The lowest BCUT2D eigenvalue weighted by atomic mass is 9.97. The Labute approximate surface area is 187 Å². The molecule has 1 N–H and O–H groups in total. The Morgan fingerprint density at radius 1 is 1.18 bits per heavy atom. The molecular weight excluding hydrogens is 471 g/mol. The van der Waals surface area contributed by atoms with Gasteiger partial charge in [-0.25, -0.2) is 4.79 Å². The van der Waals surface area contributed by atoms with Gasteiger partial charge in [-0.3, -0.25) is 4.99 Å². The second-order valence-electron chi connectivity index (χ2n) is 8.78. The fraction of sp³-hybridized carbons (Fsp3) is 0.900. The summed E-state index contributed by atoms with van der Waals surface area (Å²) < 4.78 is 11.2. The van der Waals surface area contributed by atoms with Gasteiger partial charge in [0.2, 0.25) is 0 Å². The van der Waals surface area contributed by atoms with Gasteiger partial charge in [0.25, 0.3) is 0 Å². The van der Waals surface area contributed by atoms with Crippen LogP contribution >= 0.6 is 24.0 Å². The molecule has 0 aromatic carbocycles. The predicted molar refractivity (Wildman–Crippen MR) is 123 cm³/mol. The number of hydrogen-bond donors (Lipinski definition) is 1. The number of aliphatic imine (C=N–C) groups is 1. The lowest BCUT2D eigenvalue weighted by molar-refractivity contribution is 0.0185. The van der Waals surface area contributed by atoms with E-state index in [1.165, 1.54) is 12.8 Å². The van der Waals surface area contributed by atoms with Gasteiger partial charge >= 0.3 is 6.09 Å². The Morgan fingerprint density at radius 2 is 1.82 bits per heavy atom. The highest BCUT2D eigenvalue weighted by atomic mass is 127. The molecule has 164 valence electrons. The van der Waals surface area contributed by atoms with Crippen molar-refractivity contribution >= 4 is 36.0 Å². The van der Waals surface area contributed by atoms with Crippen molar-refractivity contribution in [2.24, 2.45) is 16.8 Å². The topological polar surface area (TPSA) is 66.4 Å². The van der Waals surface area contributed by atoms with E-state index in [1.54, 1.807) is 0 Å². The van der Waals surface area contributed by atoms with E-state index >= 15 is 0 Å². The molecule has 0 unspecified atom stereocenters. The minimum Gasteiger partial charge on any atom is -0.444 e. The lowest BCUT2D eigenvalue weighted by Gasteiger charge is -2.34. The van der Waals surface area contributed by atoms with Crippen LogP contribution in [0, 0.1) is 11.8 Å². The van der Waals surface area contributed by atoms with Gasteiger partial charge in [0.05, 0.1) is 6.61 Å². The third-order valence-corrected chi connectivity index (χ3v) is 5.01. The van der Waals surface area contributed by atoms with Crippen molar-refractivity contribution in [1.82, 2.24) is 15.1 Å². The number of rotatable bonds is 7. The van der Waals surface area contributed by atoms with Crippen molar-refractivity contribution < 1.29 is 14.3 Å². The number of piperidine rings is 1. The number of halogens is 1. The molecule has 28 heavy (non-hydrogen) atoms. The second-order valence-corrected chi connectivity index (χ2v) is 8.78. The third-order valence-electron chi connectivity index (χ3n) is 5.01. The standard InChI is InChI=1S/C20H38N4O3.HI/c1-20(2,3)27-19(25)24-10-8-16(9-11-24)14-22-18(21-4)23(5)12-13-26-15-17-6-7-17;/h16-17H,6-15H2,1-5H3,(H,21,22);1H. The number of carbonyl (C=O) groups is 1. The molecule has 0 bridgehead atoms. The zero-order valence-corrected chi connectivity index (χ0v) is 20.5. The SMILES string of the molecule is CN=C(NCC1CCN(C(=O)OC(C)(C)C)CC1)N(C)CCOCC1CC1.I. The molecule has 2 rings (SSSR count). The number of ether oxygens (including phenoxy) is 2. The highest BCUT2D eigenvalue weighted by molar-refractivity contribution is 14.0. The van der Waals surface area contributed by atoms with Crippen molar-refractivity contribution in [2.45, 2.75) is 52.1 Å². The van der Waals surface area contributed by atoms with E-state index in [0.717, 1.165) is 64.1 Å². The molecule has 7 nitrogen and oxygen atoms in total. The van der Waals surface area contributed by atoms with Gasteiger partial charge in [-0.15, -0.1) is 24.0 Å². The monoisotopic (exact) mass is 510 g/mol. The molecule has 1 aliphatic heterocycles. The van der Waals surface area contributed by atoms with Gasteiger partial charge in [-0.2, -0.15) is 0 Å². The molecule has 0 spiro atoms. The highest BCUT2D eigenvalue weighted by Gasteiger charge is 2.27. The van der Waals surface area contributed by atoms with Crippen molar-refractivity contribution in [3.05, 3.63) is 0 Å². The van der Waals surface area contributed by atoms with Crippen molar-refractivity contribution in [3.63, 3.8) is 0 Å². The first-order valence-corrected chi connectivity index (χ1v) is 10.3. The zero-order chi connectivity index (χ0) is 19.9. The number of carbonyl (C=O) groups excluding carboxylic acids is 1. The van der Waals surface area contributed by atoms with E-state index in [2.05, 4.69) is 15.2 Å². The number of amides is 1. The molecule has 0 aromatic rings. The van der Waals surface area contributed by atoms with Crippen LogP contribution < -0.4 is 5.32 Å². The molecule has 0 aromatic heterocycles. The first-order chi connectivity index (χ1) is 12.8. The number of nitrogens with zero attached hydrogens (tertiary/aromatic N) is 3.